The summed E-state index contributed by atoms with van der Waals surface area (Å²) >= 11 is 3.57. The van der Waals surface area contributed by atoms with Gasteiger partial charge < -0.3 is 9.22 Å². The molecule has 2 aliphatic rings. The van der Waals surface area contributed by atoms with Gasteiger partial charge in [-0.3, -0.25) is 4.79 Å². The number of benzene rings is 1. The van der Waals surface area contributed by atoms with Gasteiger partial charge in [-0.05, 0) is 43.4 Å². The first kappa shape index (κ1) is 18.9. The van der Waals surface area contributed by atoms with Gasteiger partial charge in [-0.2, -0.15) is 0 Å². The fourth-order valence-electron chi connectivity index (χ4n) is 4.47. The highest BCUT2D eigenvalue weighted by Gasteiger charge is 2.46. The van der Waals surface area contributed by atoms with E-state index in [0.717, 1.165) is 53.3 Å². The first-order valence-corrected chi connectivity index (χ1v) is 10.4. The van der Waals surface area contributed by atoms with Crippen molar-refractivity contribution in [3.05, 3.63) is 34.3 Å². The Bertz CT molecular complexity index is 614. The molecule has 1 heterocycles. The van der Waals surface area contributed by atoms with Crippen LogP contribution < -0.4 is 0 Å². The van der Waals surface area contributed by atoms with E-state index in [2.05, 4.69) is 49.1 Å². The number of piperidine rings is 1. The summed E-state index contributed by atoms with van der Waals surface area (Å²) in [7, 11) is 4.50. The molecule has 2 fully saturated rings. The molecule has 25 heavy (non-hydrogen) atoms. The van der Waals surface area contributed by atoms with E-state index in [1.807, 2.05) is 12.1 Å². The van der Waals surface area contributed by atoms with E-state index >= 15 is 0 Å². The molecule has 3 nitrogen and oxygen atoms in total. The second-order valence-corrected chi connectivity index (χ2v) is 9.60. The lowest BCUT2D eigenvalue weighted by atomic mass is 9.71. The number of halogens is 1. The normalized spacial score (nSPS) is 24.0. The first-order valence-electron chi connectivity index (χ1n) is 9.60. The van der Waals surface area contributed by atoms with Crippen molar-refractivity contribution in [1.29, 1.82) is 0 Å². The molecule has 1 unspecified atom stereocenters. The van der Waals surface area contributed by atoms with E-state index in [4.69, 9.17) is 4.74 Å². The number of nitrogens with zero attached hydrogens (tertiary/aromatic N) is 1. The van der Waals surface area contributed by atoms with Crippen LogP contribution in [0.4, 0.5) is 0 Å². The molecule has 0 spiro atoms. The molecular weight excluding hydrogens is 378 g/mol. The number of carbonyl (C=O) groups excluding carboxylic acids is 1. The standard InChI is InChI=1S/C21H31BrNO2/c1-21(16-7-4-5-8-16,17-9-6-10-18(22)15-17)20(24)25-19-11-13-23(2,3)14-12-19/h6,9-10,15-16,19H,4-5,7-8,11-14H2,1-3H3/q+1. The maximum atomic E-state index is 13.4. The highest BCUT2D eigenvalue weighted by molar-refractivity contribution is 9.10. The Kier molecular flexibility index (Phi) is 5.60. The summed E-state index contributed by atoms with van der Waals surface area (Å²) in [6.07, 6.45) is 6.69. The summed E-state index contributed by atoms with van der Waals surface area (Å²) in [5, 5.41) is 0. The Hall–Kier alpha value is -0.870. The van der Waals surface area contributed by atoms with Crippen LogP contribution in [0.1, 0.15) is 51.0 Å². The minimum atomic E-state index is -0.540. The molecule has 1 saturated heterocycles. The molecule has 1 aromatic rings. The van der Waals surface area contributed by atoms with Gasteiger partial charge in [-0.1, -0.05) is 40.9 Å². The van der Waals surface area contributed by atoms with Gasteiger partial charge in [0.2, 0.25) is 0 Å². The van der Waals surface area contributed by atoms with Gasteiger partial charge in [0.1, 0.15) is 6.10 Å². The molecule has 1 aliphatic heterocycles. The van der Waals surface area contributed by atoms with Crippen molar-refractivity contribution in [1.82, 2.24) is 0 Å². The van der Waals surface area contributed by atoms with Crippen molar-refractivity contribution in [3.8, 4) is 0 Å². The molecule has 0 N–H and O–H groups in total. The predicted octanol–water partition coefficient (Wildman–Crippen LogP) is 4.68. The lowest BCUT2D eigenvalue weighted by Gasteiger charge is -2.39. The SMILES string of the molecule is CC(C(=O)OC1CC[N+](C)(C)CC1)(c1cccc(Br)c1)C1CCCC1. The van der Waals surface area contributed by atoms with E-state index < -0.39 is 5.41 Å². The monoisotopic (exact) mass is 408 g/mol. The number of hydrogen-bond acceptors (Lipinski definition) is 2. The highest BCUT2D eigenvalue weighted by atomic mass is 79.9. The number of esters is 1. The Morgan fingerprint density at radius 1 is 1.16 bits per heavy atom. The van der Waals surface area contributed by atoms with Crippen molar-refractivity contribution in [2.24, 2.45) is 5.92 Å². The molecule has 1 saturated carbocycles. The third kappa shape index (κ3) is 4.11. The van der Waals surface area contributed by atoms with Crippen molar-refractivity contribution in [2.45, 2.75) is 57.0 Å². The zero-order valence-corrected chi connectivity index (χ0v) is 17.3. The predicted molar refractivity (Wildman–Crippen MR) is 104 cm³/mol. The lowest BCUT2D eigenvalue weighted by Crippen LogP contribution is -2.50. The average Bonchev–Trinajstić information content (AvgIpc) is 3.11. The molecular formula is C21H31BrNO2+. The molecule has 138 valence electrons. The van der Waals surface area contributed by atoms with Crippen LogP contribution in [0.2, 0.25) is 0 Å². The Labute approximate surface area is 160 Å². The number of rotatable bonds is 4. The second-order valence-electron chi connectivity index (χ2n) is 8.68. The quantitative estimate of drug-likeness (QED) is 0.533. The number of ether oxygens (including phenoxy) is 1. The van der Waals surface area contributed by atoms with Gasteiger partial charge in [0.05, 0.1) is 32.6 Å². The molecule has 1 atom stereocenters. The molecule has 0 amide bonds. The third-order valence-corrected chi connectivity index (χ3v) is 6.90. The highest BCUT2D eigenvalue weighted by Crippen LogP contribution is 2.44. The van der Waals surface area contributed by atoms with Crippen LogP contribution >= 0.6 is 15.9 Å². The van der Waals surface area contributed by atoms with E-state index in [9.17, 15) is 4.79 Å². The van der Waals surface area contributed by atoms with Gasteiger partial charge in [0.15, 0.2) is 0 Å². The summed E-state index contributed by atoms with van der Waals surface area (Å²) < 4.78 is 8.15. The second kappa shape index (κ2) is 7.40. The van der Waals surface area contributed by atoms with Crippen LogP contribution in [0, 0.1) is 5.92 Å². The maximum absolute atomic E-state index is 13.4. The van der Waals surface area contributed by atoms with E-state index in [-0.39, 0.29) is 12.1 Å². The summed E-state index contributed by atoms with van der Waals surface area (Å²) in [4.78, 5) is 13.4. The third-order valence-electron chi connectivity index (χ3n) is 6.41. The van der Waals surface area contributed by atoms with Crippen molar-refractivity contribution in [3.63, 3.8) is 0 Å². The summed E-state index contributed by atoms with van der Waals surface area (Å²) in [5.41, 5.74) is 0.549. The van der Waals surface area contributed by atoms with Gasteiger partial charge in [-0.15, -0.1) is 0 Å². The molecule has 3 rings (SSSR count). The van der Waals surface area contributed by atoms with Gasteiger partial charge >= 0.3 is 5.97 Å². The zero-order chi connectivity index (χ0) is 18.1. The molecule has 0 bridgehead atoms. The Morgan fingerprint density at radius 2 is 1.80 bits per heavy atom. The average molecular weight is 409 g/mol. The van der Waals surface area contributed by atoms with Gasteiger partial charge in [0, 0.05) is 17.3 Å². The molecule has 0 radical (unpaired) electrons. The van der Waals surface area contributed by atoms with Gasteiger partial charge in [-0.25, -0.2) is 0 Å². The molecule has 1 aromatic carbocycles. The zero-order valence-electron chi connectivity index (χ0n) is 15.8. The molecule has 1 aliphatic carbocycles. The van der Waals surface area contributed by atoms with E-state index in [0.29, 0.717) is 5.92 Å². The van der Waals surface area contributed by atoms with Crippen LogP contribution in [0.3, 0.4) is 0 Å². The van der Waals surface area contributed by atoms with E-state index in [1.54, 1.807) is 0 Å². The first-order chi connectivity index (χ1) is 11.8. The Morgan fingerprint density at radius 3 is 2.40 bits per heavy atom. The fraction of sp³-hybridized carbons (Fsp3) is 0.667. The van der Waals surface area contributed by atoms with Crippen LogP contribution in [-0.4, -0.2) is 43.7 Å². The number of carbonyl (C=O) groups is 1. The summed E-state index contributed by atoms with van der Waals surface area (Å²) in [6.45, 7) is 4.26. The maximum Gasteiger partial charge on any atom is 0.316 e. The minimum Gasteiger partial charge on any atom is -0.461 e. The van der Waals surface area contributed by atoms with Crippen LogP contribution in [-0.2, 0) is 14.9 Å². The number of hydrogen-bond donors (Lipinski definition) is 0. The molecule has 0 aromatic heterocycles. The van der Waals surface area contributed by atoms with Crippen LogP contribution in [0.15, 0.2) is 28.7 Å². The molecule has 4 heteroatoms. The minimum absolute atomic E-state index is 0.0188. The van der Waals surface area contributed by atoms with Crippen molar-refractivity contribution < 1.29 is 14.0 Å². The van der Waals surface area contributed by atoms with Gasteiger partial charge in [0.25, 0.3) is 0 Å². The Balaban J connectivity index is 1.81. The van der Waals surface area contributed by atoms with E-state index in [1.165, 1.54) is 12.8 Å². The number of quaternary nitrogens is 1. The summed E-state index contributed by atoms with van der Waals surface area (Å²) in [5.74, 6) is 0.361. The van der Waals surface area contributed by atoms with Crippen LogP contribution in [0.5, 0.6) is 0 Å². The van der Waals surface area contributed by atoms with Crippen molar-refractivity contribution in [2.75, 3.05) is 27.2 Å². The largest absolute Gasteiger partial charge is 0.461 e. The van der Waals surface area contributed by atoms with Crippen molar-refractivity contribution >= 4 is 21.9 Å². The topological polar surface area (TPSA) is 26.3 Å². The smallest absolute Gasteiger partial charge is 0.316 e. The van der Waals surface area contributed by atoms with Crippen LogP contribution in [0.25, 0.3) is 0 Å². The lowest BCUT2D eigenvalue weighted by molar-refractivity contribution is -0.896. The fourth-order valence-corrected chi connectivity index (χ4v) is 4.87. The summed E-state index contributed by atoms with van der Waals surface area (Å²) in [6, 6.07) is 8.23. The number of likely N-dealkylation sites (tertiary alicyclic amines) is 1.